The summed E-state index contributed by atoms with van der Waals surface area (Å²) in [5.41, 5.74) is 5.63. The fourth-order valence-corrected chi connectivity index (χ4v) is 3.48. The minimum atomic E-state index is 0.496. The fraction of sp³-hybridized carbons (Fsp3) is 0.636. The second-order valence-corrected chi connectivity index (χ2v) is 5.62. The Morgan fingerprint density at radius 2 is 2.20 bits per heavy atom. The zero-order valence-electron chi connectivity index (χ0n) is 9.00. The van der Waals surface area contributed by atoms with E-state index in [1.807, 2.05) is 0 Å². The molecule has 2 rings (SSSR count). The maximum Gasteiger partial charge on any atom is 0.0561 e. The van der Waals surface area contributed by atoms with Crippen molar-refractivity contribution in [2.75, 3.05) is 13.1 Å². The summed E-state index contributed by atoms with van der Waals surface area (Å²) in [6, 6.07) is 2.58. The van der Waals surface area contributed by atoms with Crippen molar-refractivity contribution in [3.63, 3.8) is 0 Å². The van der Waals surface area contributed by atoms with E-state index in [0.717, 1.165) is 9.90 Å². The summed E-state index contributed by atoms with van der Waals surface area (Å²) in [6.07, 6.45) is 2.65. The first kappa shape index (κ1) is 11.4. The lowest BCUT2D eigenvalue weighted by Crippen LogP contribution is -2.22. The molecule has 1 saturated heterocycles. The molecule has 1 aliphatic rings. The van der Waals surface area contributed by atoms with Crippen LogP contribution in [0, 0.1) is 0 Å². The van der Waals surface area contributed by atoms with Gasteiger partial charge < -0.3 is 5.73 Å². The largest absolute Gasteiger partial charge is 0.326 e. The molecule has 1 aromatic rings. The van der Waals surface area contributed by atoms with Crippen molar-refractivity contribution >= 4 is 22.9 Å². The van der Waals surface area contributed by atoms with Gasteiger partial charge in [0.2, 0.25) is 0 Å². The molecule has 1 unspecified atom stereocenters. The quantitative estimate of drug-likeness (QED) is 0.886. The summed E-state index contributed by atoms with van der Waals surface area (Å²) in [5.74, 6) is 0. The Bertz CT molecular complexity index is 331. The third-order valence-corrected chi connectivity index (χ3v) is 4.84. The molecule has 0 aliphatic carbocycles. The third-order valence-electron chi connectivity index (χ3n) is 3.06. The maximum absolute atomic E-state index is 6.11. The number of hydrogen-bond donors (Lipinski definition) is 1. The van der Waals surface area contributed by atoms with Crippen LogP contribution in [0.4, 0.5) is 0 Å². The third kappa shape index (κ3) is 2.36. The van der Waals surface area contributed by atoms with Crippen molar-refractivity contribution in [1.82, 2.24) is 4.90 Å². The summed E-state index contributed by atoms with van der Waals surface area (Å²) in [4.78, 5) is 4.97. The van der Waals surface area contributed by atoms with Gasteiger partial charge in [-0.1, -0.05) is 11.6 Å². The number of nitrogens with zero attached hydrogens (tertiary/aromatic N) is 1. The molecule has 0 bridgehead atoms. The van der Waals surface area contributed by atoms with Gasteiger partial charge in [0.15, 0.2) is 0 Å². The lowest BCUT2D eigenvalue weighted by atomic mass is 10.2. The van der Waals surface area contributed by atoms with E-state index < -0.39 is 0 Å². The minimum Gasteiger partial charge on any atom is -0.326 e. The molecule has 84 valence electrons. The molecule has 2 heterocycles. The molecule has 0 radical (unpaired) electrons. The zero-order valence-corrected chi connectivity index (χ0v) is 10.6. The van der Waals surface area contributed by atoms with Gasteiger partial charge in [0, 0.05) is 22.3 Å². The van der Waals surface area contributed by atoms with E-state index in [1.165, 1.54) is 30.8 Å². The lowest BCUT2D eigenvalue weighted by Gasteiger charge is -2.22. The Labute approximate surface area is 100 Å². The van der Waals surface area contributed by atoms with Gasteiger partial charge in [-0.15, -0.1) is 11.3 Å². The zero-order chi connectivity index (χ0) is 10.8. The lowest BCUT2D eigenvalue weighted by molar-refractivity contribution is 0.267. The van der Waals surface area contributed by atoms with Crippen LogP contribution in [0.3, 0.4) is 0 Å². The summed E-state index contributed by atoms with van der Waals surface area (Å²) in [5, 5.41) is 0.837. The molecule has 1 aliphatic heterocycles. The van der Waals surface area contributed by atoms with Crippen molar-refractivity contribution in [2.24, 2.45) is 5.73 Å². The monoisotopic (exact) mass is 244 g/mol. The van der Waals surface area contributed by atoms with Gasteiger partial charge in [0.25, 0.3) is 0 Å². The number of nitrogens with two attached hydrogens (primary N) is 1. The normalized spacial score (nSPS) is 19.7. The molecule has 1 aromatic heterocycles. The number of hydrogen-bond acceptors (Lipinski definition) is 3. The molecule has 15 heavy (non-hydrogen) atoms. The molecule has 2 nitrogen and oxygen atoms in total. The van der Waals surface area contributed by atoms with Gasteiger partial charge in [-0.3, -0.25) is 4.90 Å². The predicted molar refractivity (Wildman–Crippen MR) is 66.4 cm³/mol. The second-order valence-electron chi connectivity index (χ2n) is 4.04. The highest BCUT2D eigenvalue weighted by Crippen LogP contribution is 2.34. The van der Waals surface area contributed by atoms with Crippen molar-refractivity contribution in [3.8, 4) is 0 Å². The van der Waals surface area contributed by atoms with Gasteiger partial charge in [-0.25, -0.2) is 0 Å². The summed E-state index contributed by atoms with van der Waals surface area (Å²) < 4.78 is 0. The highest BCUT2D eigenvalue weighted by Gasteiger charge is 2.21. The van der Waals surface area contributed by atoms with E-state index >= 15 is 0 Å². The first-order valence-electron chi connectivity index (χ1n) is 5.44. The number of halogens is 1. The molecule has 1 fully saturated rings. The Hall–Kier alpha value is -0.0900. The van der Waals surface area contributed by atoms with Crippen LogP contribution in [-0.2, 0) is 6.54 Å². The van der Waals surface area contributed by atoms with Crippen molar-refractivity contribution in [2.45, 2.75) is 32.4 Å². The van der Waals surface area contributed by atoms with E-state index in [0.29, 0.717) is 12.6 Å². The van der Waals surface area contributed by atoms with E-state index in [4.69, 9.17) is 17.3 Å². The standard InChI is InChI=1S/C11H17ClN2S/c1-8(14-4-2-3-5-14)10-6-9(12)11(7-13)15-10/h6,8H,2-5,7,13H2,1H3. The van der Waals surface area contributed by atoms with Gasteiger partial charge in [0.1, 0.15) is 0 Å². The number of rotatable bonds is 3. The van der Waals surface area contributed by atoms with Crippen LogP contribution in [0.5, 0.6) is 0 Å². The topological polar surface area (TPSA) is 29.3 Å². The predicted octanol–water partition coefficient (Wildman–Crippen LogP) is 3.02. The molecule has 0 spiro atoms. The first-order chi connectivity index (χ1) is 7.22. The van der Waals surface area contributed by atoms with Gasteiger partial charge in [0.05, 0.1) is 5.02 Å². The average molecular weight is 245 g/mol. The van der Waals surface area contributed by atoms with Crippen molar-refractivity contribution < 1.29 is 0 Å². The summed E-state index contributed by atoms with van der Waals surface area (Å²) >= 11 is 7.86. The average Bonchev–Trinajstić information content (AvgIpc) is 2.85. The second kappa shape index (κ2) is 4.83. The molecule has 1 atom stereocenters. The van der Waals surface area contributed by atoms with Gasteiger partial charge >= 0.3 is 0 Å². The molecular formula is C11H17ClN2S. The van der Waals surface area contributed by atoms with Crippen LogP contribution in [0.2, 0.25) is 5.02 Å². The maximum atomic E-state index is 6.11. The summed E-state index contributed by atoms with van der Waals surface area (Å²) in [7, 11) is 0. The van der Waals surface area contributed by atoms with Crippen LogP contribution < -0.4 is 5.73 Å². The molecule has 0 amide bonds. The van der Waals surface area contributed by atoms with Crippen LogP contribution in [0.1, 0.15) is 35.6 Å². The Morgan fingerprint density at radius 1 is 1.53 bits per heavy atom. The van der Waals surface area contributed by atoms with Crippen molar-refractivity contribution in [1.29, 1.82) is 0 Å². The molecule has 4 heteroatoms. The first-order valence-corrected chi connectivity index (χ1v) is 6.64. The highest BCUT2D eigenvalue weighted by atomic mass is 35.5. The van der Waals surface area contributed by atoms with E-state index in [2.05, 4.69) is 17.9 Å². The molecular weight excluding hydrogens is 228 g/mol. The fourth-order valence-electron chi connectivity index (χ4n) is 2.08. The van der Waals surface area contributed by atoms with Crippen LogP contribution >= 0.6 is 22.9 Å². The van der Waals surface area contributed by atoms with Crippen molar-refractivity contribution in [3.05, 3.63) is 20.8 Å². The van der Waals surface area contributed by atoms with Crippen LogP contribution in [0.25, 0.3) is 0 Å². The number of thiophene rings is 1. The molecule has 0 saturated carbocycles. The van der Waals surface area contributed by atoms with Crippen LogP contribution in [0.15, 0.2) is 6.07 Å². The van der Waals surface area contributed by atoms with E-state index in [9.17, 15) is 0 Å². The Kier molecular flexibility index (Phi) is 3.67. The smallest absolute Gasteiger partial charge is 0.0561 e. The molecule has 2 N–H and O–H groups in total. The minimum absolute atomic E-state index is 0.496. The Balaban J connectivity index is 2.13. The van der Waals surface area contributed by atoms with Gasteiger partial charge in [-0.2, -0.15) is 0 Å². The number of likely N-dealkylation sites (tertiary alicyclic amines) is 1. The Morgan fingerprint density at radius 3 is 2.73 bits per heavy atom. The van der Waals surface area contributed by atoms with Crippen LogP contribution in [-0.4, -0.2) is 18.0 Å². The summed E-state index contributed by atoms with van der Waals surface area (Å²) in [6.45, 7) is 5.24. The van der Waals surface area contributed by atoms with Gasteiger partial charge in [-0.05, 0) is 38.9 Å². The van der Waals surface area contributed by atoms with E-state index in [-0.39, 0.29) is 0 Å². The highest BCUT2D eigenvalue weighted by molar-refractivity contribution is 7.12. The molecule has 0 aromatic carbocycles. The SMILES string of the molecule is CC(c1cc(Cl)c(CN)s1)N1CCCC1. The van der Waals surface area contributed by atoms with E-state index in [1.54, 1.807) is 11.3 Å².